The first-order valence-electron chi connectivity index (χ1n) is 16.9. The number of rotatable bonds is 14. The van der Waals surface area contributed by atoms with Crippen LogP contribution in [0, 0.1) is 23.7 Å². The van der Waals surface area contributed by atoms with Crippen molar-refractivity contribution in [3.05, 3.63) is 47.5 Å². The van der Waals surface area contributed by atoms with Crippen LogP contribution in [0.2, 0.25) is 0 Å². The molecular formula is C34H52N6O6S2. The van der Waals surface area contributed by atoms with Crippen LogP contribution in [-0.2, 0) is 20.0 Å². The van der Waals surface area contributed by atoms with Crippen molar-refractivity contribution in [1.29, 1.82) is 0 Å². The lowest BCUT2D eigenvalue weighted by molar-refractivity contribution is 0.0955. The van der Waals surface area contributed by atoms with Crippen molar-refractivity contribution in [3.8, 4) is 0 Å². The summed E-state index contributed by atoms with van der Waals surface area (Å²) in [5.41, 5.74) is 1.87. The van der Waals surface area contributed by atoms with Gasteiger partial charge in [-0.2, -0.15) is 0 Å². The fourth-order valence-electron chi connectivity index (χ4n) is 7.41. The summed E-state index contributed by atoms with van der Waals surface area (Å²) in [6, 6.07) is 9.32. The summed E-state index contributed by atoms with van der Waals surface area (Å²) in [7, 11) is -1.58. The highest BCUT2D eigenvalue weighted by Crippen LogP contribution is 2.43. The van der Waals surface area contributed by atoms with Crippen molar-refractivity contribution in [2.45, 2.75) is 80.5 Å². The first-order chi connectivity index (χ1) is 22.8. The zero-order valence-electron chi connectivity index (χ0n) is 28.7. The van der Waals surface area contributed by atoms with Gasteiger partial charge in [-0.1, -0.05) is 25.7 Å². The molecule has 0 heterocycles. The third-order valence-electron chi connectivity index (χ3n) is 10.4. The van der Waals surface area contributed by atoms with Crippen molar-refractivity contribution in [2.24, 2.45) is 23.7 Å². The monoisotopic (exact) mass is 704 g/mol. The maximum Gasteiger partial charge on any atom is 0.253 e. The smallest absolute Gasteiger partial charge is 0.253 e. The molecule has 2 aliphatic rings. The first-order valence-corrected chi connectivity index (χ1v) is 19.9. The number of hydrogen-bond acceptors (Lipinski definition) is 8. The molecule has 48 heavy (non-hydrogen) atoms. The summed E-state index contributed by atoms with van der Waals surface area (Å²) in [6.45, 7) is 2.86. The molecular weight excluding hydrogens is 653 g/mol. The molecule has 0 bridgehead atoms. The minimum absolute atomic E-state index is 0.0488. The van der Waals surface area contributed by atoms with Gasteiger partial charge in [-0.3, -0.25) is 9.59 Å². The van der Waals surface area contributed by atoms with Crippen LogP contribution in [0.15, 0.2) is 46.2 Å². The molecule has 6 N–H and O–H groups in total. The molecule has 4 rings (SSSR count). The SMILES string of the molecule is CNC(=O)c1cc(S(=O)(=O)NC)ccc1NCCC1CCC(C2CCCC(C(C)Nc3ccc(S(=O)(=O)NC)cc3C(=O)NC)C2)CC1. The summed E-state index contributed by atoms with van der Waals surface area (Å²) in [6.07, 6.45) is 10.4. The maximum atomic E-state index is 12.7. The second-order valence-corrected chi connectivity index (χ2v) is 16.9. The second kappa shape index (κ2) is 16.5. The average Bonchev–Trinajstić information content (AvgIpc) is 3.11. The van der Waals surface area contributed by atoms with Gasteiger partial charge in [-0.25, -0.2) is 26.3 Å². The molecule has 266 valence electrons. The summed E-state index contributed by atoms with van der Waals surface area (Å²) in [5, 5.41) is 12.1. The van der Waals surface area contributed by atoms with Crippen LogP contribution in [-0.4, -0.2) is 69.4 Å². The lowest BCUT2D eigenvalue weighted by Crippen LogP contribution is -2.34. The van der Waals surface area contributed by atoms with E-state index in [2.05, 4.69) is 37.6 Å². The Hall–Kier alpha value is -3.20. The molecule has 14 heteroatoms. The van der Waals surface area contributed by atoms with E-state index in [1.807, 2.05) is 0 Å². The van der Waals surface area contributed by atoms with E-state index in [1.54, 1.807) is 12.1 Å². The Kier molecular flexibility index (Phi) is 12.9. The van der Waals surface area contributed by atoms with Crippen LogP contribution in [0.5, 0.6) is 0 Å². The normalized spacial score (nSPS) is 22.4. The minimum Gasteiger partial charge on any atom is -0.384 e. The molecule has 2 amide bonds. The standard InChI is InChI=1S/C34H52N6O6S2/c1-22(40-32-16-14-28(48(45,46)38-5)21-30(32)34(42)36-3)25-7-6-8-26(19-25)24-11-9-23(10-12-24)17-18-39-31-15-13-27(47(43,44)37-4)20-29(31)33(41)35-2/h13-16,20-26,37-40H,6-12,17-19H2,1-5H3,(H,35,41)(H,36,42). The summed E-state index contributed by atoms with van der Waals surface area (Å²) in [4.78, 5) is 25.3. The average molecular weight is 705 g/mol. The van der Waals surface area contributed by atoms with Crippen molar-refractivity contribution < 1.29 is 26.4 Å². The maximum absolute atomic E-state index is 12.7. The van der Waals surface area contributed by atoms with Crippen LogP contribution in [0.25, 0.3) is 0 Å². The topological polar surface area (TPSA) is 175 Å². The Morgan fingerprint density at radius 1 is 0.729 bits per heavy atom. The summed E-state index contributed by atoms with van der Waals surface area (Å²) in [5.74, 6) is 1.73. The van der Waals surface area contributed by atoms with E-state index in [0.29, 0.717) is 52.7 Å². The zero-order chi connectivity index (χ0) is 35.1. The summed E-state index contributed by atoms with van der Waals surface area (Å²) < 4.78 is 53.8. The van der Waals surface area contributed by atoms with Gasteiger partial charge in [0.05, 0.1) is 20.9 Å². The van der Waals surface area contributed by atoms with Crippen LogP contribution in [0.3, 0.4) is 0 Å². The number of benzene rings is 2. The molecule has 2 fully saturated rings. The molecule has 0 aliphatic heterocycles. The Labute approximate surface area is 286 Å². The van der Waals surface area contributed by atoms with E-state index in [0.717, 1.165) is 19.3 Å². The molecule has 0 radical (unpaired) electrons. The summed E-state index contributed by atoms with van der Waals surface area (Å²) >= 11 is 0. The molecule has 3 unspecified atom stereocenters. The van der Waals surface area contributed by atoms with Gasteiger partial charge in [0, 0.05) is 38.1 Å². The molecule has 0 spiro atoms. The molecule has 2 saturated carbocycles. The van der Waals surface area contributed by atoms with Crippen molar-refractivity contribution in [3.63, 3.8) is 0 Å². The fraction of sp³-hybridized carbons (Fsp3) is 0.588. The van der Waals surface area contributed by atoms with E-state index in [-0.39, 0.29) is 27.6 Å². The third-order valence-corrected chi connectivity index (χ3v) is 13.2. The lowest BCUT2D eigenvalue weighted by Gasteiger charge is -2.40. The highest BCUT2D eigenvalue weighted by atomic mass is 32.2. The van der Waals surface area contributed by atoms with Gasteiger partial charge in [0.15, 0.2) is 0 Å². The Morgan fingerprint density at radius 2 is 1.27 bits per heavy atom. The van der Waals surface area contributed by atoms with Gasteiger partial charge < -0.3 is 21.3 Å². The number of amides is 2. The second-order valence-electron chi connectivity index (χ2n) is 13.1. The molecule has 2 aromatic carbocycles. The number of carbonyl (C=O) groups excluding carboxylic acids is 2. The van der Waals surface area contributed by atoms with E-state index in [1.165, 1.54) is 91.0 Å². The van der Waals surface area contributed by atoms with Gasteiger partial charge in [0.25, 0.3) is 11.8 Å². The van der Waals surface area contributed by atoms with Crippen LogP contribution in [0.1, 0.15) is 85.4 Å². The number of nitrogens with one attached hydrogen (secondary N) is 6. The van der Waals surface area contributed by atoms with Crippen LogP contribution in [0.4, 0.5) is 11.4 Å². The Balaban J connectivity index is 1.30. The number of carbonyl (C=O) groups is 2. The predicted octanol–water partition coefficient (Wildman–Crippen LogP) is 4.14. The molecule has 2 aliphatic carbocycles. The fourth-order valence-corrected chi connectivity index (χ4v) is 8.93. The van der Waals surface area contributed by atoms with Gasteiger partial charge in [0.2, 0.25) is 20.0 Å². The Morgan fingerprint density at radius 3 is 1.81 bits per heavy atom. The zero-order valence-corrected chi connectivity index (χ0v) is 30.3. The van der Waals surface area contributed by atoms with Crippen LogP contribution >= 0.6 is 0 Å². The van der Waals surface area contributed by atoms with Crippen molar-refractivity contribution in [2.75, 3.05) is 45.4 Å². The highest BCUT2D eigenvalue weighted by molar-refractivity contribution is 7.89. The van der Waals surface area contributed by atoms with Gasteiger partial charge in [-0.15, -0.1) is 0 Å². The molecule has 2 aromatic rings. The first kappa shape index (κ1) is 37.6. The van der Waals surface area contributed by atoms with Gasteiger partial charge in [-0.05, 0) is 113 Å². The lowest BCUT2D eigenvalue weighted by atomic mass is 9.67. The quantitative estimate of drug-likeness (QED) is 0.170. The number of sulfonamides is 2. The molecule has 0 saturated heterocycles. The van der Waals surface area contributed by atoms with E-state index >= 15 is 0 Å². The van der Waals surface area contributed by atoms with Gasteiger partial charge >= 0.3 is 0 Å². The number of hydrogen-bond donors (Lipinski definition) is 6. The van der Waals surface area contributed by atoms with Gasteiger partial charge in [0.1, 0.15) is 0 Å². The molecule has 12 nitrogen and oxygen atoms in total. The van der Waals surface area contributed by atoms with E-state index < -0.39 is 20.0 Å². The Bertz CT molecular complexity index is 1660. The van der Waals surface area contributed by atoms with E-state index in [4.69, 9.17) is 0 Å². The largest absolute Gasteiger partial charge is 0.384 e. The molecule has 3 atom stereocenters. The molecule has 0 aromatic heterocycles. The predicted molar refractivity (Wildman–Crippen MR) is 189 cm³/mol. The van der Waals surface area contributed by atoms with E-state index in [9.17, 15) is 26.4 Å². The minimum atomic E-state index is -3.68. The third kappa shape index (κ3) is 9.07. The van der Waals surface area contributed by atoms with Crippen LogP contribution < -0.4 is 30.7 Å². The van der Waals surface area contributed by atoms with Crippen molar-refractivity contribution >= 4 is 43.2 Å². The highest BCUT2D eigenvalue weighted by Gasteiger charge is 2.33. The van der Waals surface area contributed by atoms with Crippen molar-refractivity contribution in [1.82, 2.24) is 20.1 Å². The number of anilines is 2.